The van der Waals surface area contributed by atoms with Gasteiger partial charge in [0.1, 0.15) is 4.88 Å². The molecule has 0 atom stereocenters. The Kier molecular flexibility index (Phi) is 4.68. The summed E-state index contributed by atoms with van der Waals surface area (Å²) in [5.41, 5.74) is 0. The average Bonchev–Trinajstić information content (AvgIpc) is 3.20. The summed E-state index contributed by atoms with van der Waals surface area (Å²) in [6.45, 7) is 2.97. The standard InChI is InChI=1S/C15H22N2OS2/c1-19-13-6-9-20-14(13)15(18)17-7-4-12(5-8-17)16-10-11-2-3-11/h6,9,11-12,16H,2-5,7-8,10H2,1H3. The van der Waals surface area contributed by atoms with Crippen molar-refractivity contribution in [2.45, 2.75) is 36.6 Å². The van der Waals surface area contributed by atoms with E-state index in [2.05, 4.69) is 5.32 Å². The smallest absolute Gasteiger partial charge is 0.265 e. The summed E-state index contributed by atoms with van der Waals surface area (Å²) in [4.78, 5) is 16.6. The zero-order valence-corrected chi connectivity index (χ0v) is 13.6. The lowest BCUT2D eigenvalue weighted by Crippen LogP contribution is -2.45. The quantitative estimate of drug-likeness (QED) is 0.848. The molecular weight excluding hydrogens is 288 g/mol. The Hall–Kier alpha value is -0.520. The summed E-state index contributed by atoms with van der Waals surface area (Å²) < 4.78 is 0. The number of nitrogens with zero attached hydrogens (tertiary/aromatic N) is 1. The highest BCUT2D eigenvalue weighted by molar-refractivity contribution is 7.98. The van der Waals surface area contributed by atoms with E-state index < -0.39 is 0 Å². The van der Waals surface area contributed by atoms with Crippen molar-refractivity contribution < 1.29 is 4.79 Å². The molecule has 1 saturated heterocycles. The van der Waals surface area contributed by atoms with Crippen molar-refractivity contribution in [1.29, 1.82) is 0 Å². The van der Waals surface area contributed by atoms with Crippen LogP contribution in [0.2, 0.25) is 0 Å². The number of carbonyl (C=O) groups excluding carboxylic acids is 1. The van der Waals surface area contributed by atoms with Crippen LogP contribution in [0.15, 0.2) is 16.3 Å². The molecule has 1 aliphatic carbocycles. The minimum Gasteiger partial charge on any atom is -0.338 e. The van der Waals surface area contributed by atoms with Crippen LogP contribution in [0.5, 0.6) is 0 Å². The summed E-state index contributed by atoms with van der Waals surface area (Å²) in [6, 6.07) is 2.66. The first-order valence-corrected chi connectivity index (χ1v) is 9.52. The normalized spacial score (nSPS) is 20.4. The van der Waals surface area contributed by atoms with Gasteiger partial charge in [-0.1, -0.05) is 0 Å². The summed E-state index contributed by atoms with van der Waals surface area (Å²) >= 11 is 3.24. The van der Waals surface area contributed by atoms with Gasteiger partial charge >= 0.3 is 0 Å². The molecule has 2 heterocycles. The Balaban J connectivity index is 1.50. The van der Waals surface area contributed by atoms with E-state index in [-0.39, 0.29) is 5.91 Å². The van der Waals surface area contributed by atoms with Gasteiger partial charge in [0, 0.05) is 24.0 Å². The highest BCUT2D eigenvalue weighted by Gasteiger charge is 2.27. The maximum absolute atomic E-state index is 12.5. The molecule has 2 aliphatic rings. The predicted molar refractivity (Wildman–Crippen MR) is 85.8 cm³/mol. The largest absolute Gasteiger partial charge is 0.338 e. The number of carbonyl (C=O) groups is 1. The fourth-order valence-corrected chi connectivity index (χ4v) is 4.41. The molecule has 1 N–H and O–H groups in total. The maximum Gasteiger partial charge on any atom is 0.265 e. The lowest BCUT2D eigenvalue weighted by Gasteiger charge is -2.32. The molecule has 1 amide bonds. The molecule has 1 aliphatic heterocycles. The van der Waals surface area contributed by atoms with Gasteiger partial charge < -0.3 is 10.2 Å². The van der Waals surface area contributed by atoms with Crippen molar-refractivity contribution in [3.63, 3.8) is 0 Å². The predicted octanol–water partition coefficient (Wildman–Crippen LogP) is 3.07. The Labute approximate surface area is 129 Å². The zero-order chi connectivity index (χ0) is 13.9. The van der Waals surface area contributed by atoms with Gasteiger partial charge in [0.15, 0.2) is 0 Å². The van der Waals surface area contributed by atoms with E-state index in [9.17, 15) is 4.79 Å². The molecule has 2 fully saturated rings. The monoisotopic (exact) mass is 310 g/mol. The third-order valence-electron chi connectivity index (χ3n) is 4.22. The molecule has 1 saturated carbocycles. The van der Waals surface area contributed by atoms with Gasteiger partial charge in [0.2, 0.25) is 0 Å². The van der Waals surface area contributed by atoms with Crippen LogP contribution >= 0.6 is 23.1 Å². The number of amides is 1. The van der Waals surface area contributed by atoms with Crippen LogP contribution in [0.3, 0.4) is 0 Å². The van der Waals surface area contributed by atoms with E-state index in [4.69, 9.17) is 0 Å². The molecule has 110 valence electrons. The van der Waals surface area contributed by atoms with Crippen LogP contribution in [0.4, 0.5) is 0 Å². The Morgan fingerprint density at radius 3 is 2.80 bits per heavy atom. The van der Waals surface area contributed by atoms with Crippen LogP contribution < -0.4 is 5.32 Å². The lowest BCUT2D eigenvalue weighted by atomic mass is 10.0. The number of hydrogen-bond donors (Lipinski definition) is 1. The van der Waals surface area contributed by atoms with Crippen molar-refractivity contribution >= 4 is 29.0 Å². The number of likely N-dealkylation sites (tertiary alicyclic amines) is 1. The van der Waals surface area contributed by atoms with Gasteiger partial charge in [-0.25, -0.2) is 0 Å². The van der Waals surface area contributed by atoms with Crippen LogP contribution in [0, 0.1) is 5.92 Å². The molecule has 20 heavy (non-hydrogen) atoms. The Morgan fingerprint density at radius 1 is 1.40 bits per heavy atom. The zero-order valence-electron chi connectivity index (χ0n) is 11.9. The van der Waals surface area contributed by atoms with Crippen molar-refractivity contribution in [3.05, 3.63) is 16.3 Å². The van der Waals surface area contributed by atoms with Gasteiger partial charge in [-0.15, -0.1) is 23.1 Å². The van der Waals surface area contributed by atoms with Gasteiger partial charge in [-0.05, 0) is 55.8 Å². The number of rotatable bonds is 5. The molecule has 0 aromatic carbocycles. The Bertz CT molecular complexity index is 462. The van der Waals surface area contributed by atoms with E-state index in [1.54, 1.807) is 23.1 Å². The number of thioether (sulfide) groups is 1. The maximum atomic E-state index is 12.5. The number of thiophene rings is 1. The fourth-order valence-electron chi connectivity index (χ4n) is 2.70. The van der Waals surface area contributed by atoms with E-state index in [0.717, 1.165) is 41.6 Å². The third kappa shape index (κ3) is 3.38. The van der Waals surface area contributed by atoms with Gasteiger partial charge in [-0.3, -0.25) is 4.79 Å². The third-order valence-corrected chi connectivity index (χ3v) is 6.03. The van der Waals surface area contributed by atoms with E-state index >= 15 is 0 Å². The highest BCUT2D eigenvalue weighted by atomic mass is 32.2. The summed E-state index contributed by atoms with van der Waals surface area (Å²) in [5.74, 6) is 1.16. The molecule has 3 nitrogen and oxygen atoms in total. The van der Waals surface area contributed by atoms with Gasteiger partial charge in [-0.2, -0.15) is 0 Å². The van der Waals surface area contributed by atoms with Crippen LogP contribution in [-0.4, -0.2) is 42.7 Å². The van der Waals surface area contributed by atoms with Crippen molar-refractivity contribution in [2.75, 3.05) is 25.9 Å². The second-order valence-corrected chi connectivity index (χ2v) is 7.50. The summed E-state index contributed by atoms with van der Waals surface area (Å²) in [5, 5.41) is 5.68. The fraction of sp³-hybridized carbons (Fsp3) is 0.667. The minimum absolute atomic E-state index is 0.227. The molecule has 1 aromatic heterocycles. The summed E-state index contributed by atoms with van der Waals surface area (Å²) in [7, 11) is 0. The van der Waals surface area contributed by atoms with Crippen LogP contribution in [0.25, 0.3) is 0 Å². The highest BCUT2D eigenvalue weighted by Crippen LogP contribution is 2.29. The molecular formula is C15H22N2OS2. The van der Waals surface area contributed by atoms with Crippen molar-refractivity contribution in [2.24, 2.45) is 5.92 Å². The summed E-state index contributed by atoms with van der Waals surface area (Å²) in [6.07, 6.45) is 7.03. The molecule has 1 aromatic rings. The van der Waals surface area contributed by atoms with E-state index in [1.165, 1.54) is 19.4 Å². The van der Waals surface area contributed by atoms with Gasteiger partial charge in [0.25, 0.3) is 5.91 Å². The van der Waals surface area contributed by atoms with E-state index in [0.29, 0.717) is 6.04 Å². The Morgan fingerprint density at radius 2 is 2.15 bits per heavy atom. The second kappa shape index (κ2) is 6.50. The lowest BCUT2D eigenvalue weighted by molar-refractivity contribution is 0.0707. The molecule has 0 unspecified atom stereocenters. The second-order valence-electron chi connectivity index (χ2n) is 5.74. The first-order valence-electron chi connectivity index (χ1n) is 7.42. The average molecular weight is 310 g/mol. The van der Waals surface area contributed by atoms with Crippen molar-refractivity contribution in [1.82, 2.24) is 10.2 Å². The number of hydrogen-bond acceptors (Lipinski definition) is 4. The number of piperidine rings is 1. The van der Waals surface area contributed by atoms with Crippen molar-refractivity contribution in [3.8, 4) is 0 Å². The first kappa shape index (κ1) is 14.4. The van der Waals surface area contributed by atoms with Gasteiger partial charge in [0.05, 0.1) is 0 Å². The van der Waals surface area contributed by atoms with E-state index in [1.807, 2.05) is 22.6 Å². The SMILES string of the molecule is CSc1ccsc1C(=O)N1CCC(NCC2CC2)CC1. The molecule has 5 heteroatoms. The molecule has 0 radical (unpaired) electrons. The van der Waals surface area contributed by atoms with Crippen LogP contribution in [-0.2, 0) is 0 Å². The molecule has 0 spiro atoms. The number of nitrogens with one attached hydrogen (secondary N) is 1. The van der Waals surface area contributed by atoms with Crippen LogP contribution in [0.1, 0.15) is 35.4 Å². The molecule has 0 bridgehead atoms. The molecule has 3 rings (SSSR count). The topological polar surface area (TPSA) is 32.3 Å². The first-order chi connectivity index (χ1) is 9.78. The minimum atomic E-state index is 0.227.